The second kappa shape index (κ2) is 16.0. The highest BCUT2D eigenvalue weighted by Crippen LogP contribution is 2.34. The van der Waals surface area contributed by atoms with Gasteiger partial charge in [-0.15, -0.1) is 0 Å². The predicted molar refractivity (Wildman–Crippen MR) is 149 cm³/mol. The van der Waals surface area contributed by atoms with Crippen molar-refractivity contribution in [3.05, 3.63) is 41.7 Å². The Kier molecular flexibility index (Phi) is 12.6. The Morgan fingerprint density at radius 2 is 1.40 bits per heavy atom. The van der Waals surface area contributed by atoms with Crippen molar-refractivity contribution in [2.45, 2.75) is 124 Å². The molecule has 0 N–H and O–H groups in total. The Balaban J connectivity index is 1.35. The zero-order chi connectivity index (χ0) is 24.7. The van der Waals surface area contributed by atoms with Crippen molar-refractivity contribution in [2.75, 3.05) is 6.61 Å². The Bertz CT molecular complexity index is 824. The van der Waals surface area contributed by atoms with Crippen LogP contribution < -0.4 is 4.74 Å². The van der Waals surface area contributed by atoms with Crippen molar-refractivity contribution in [3.63, 3.8) is 0 Å². The van der Waals surface area contributed by atoms with E-state index in [2.05, 4.69) is 48.9 Å². The van der Waals surface area contributed by atoms with E-state index in [1.165, 1.54) is 101 Å². The van der Waals surface area contributed by atoms with Crippen LogP contribution in [0.15, 0.2) is 30.6 Å². The molecule has 3 heteroatoms. The minimum atomic E-state index is 0.730. The fourth-order valence-electron chi connectivity index (χ4n) is 5.55. The lowest BCUT2D eigenvalue weighted by atomic mass is 9.77. The first-order valence-electron chi connectivity index (χ1n) is 14.7. The molecule has 0 spiro atoms. The highest BCUT2D eigenvalue weighted by molar-refractivity contribution is 5.57. The summed E-state index contributed by atoms with van der Waals surface area (Å²) in [6, 6.07) is 6.74. The van der Waals surface area contributed by atoms with Gasteiger partial charge in [-0.25, -0.2) is 9.97 Å². The molecule has 0 unspecified atom stereocenters. The Morgan fingerprint density at radius 3 is 2.06 bits per heavy atom. The van der Waals surface area contributed by atoms with Crippen LogP contribution >= 0.6 is 0 Å². The van der Waals surface area contributed by atoms with Gasteiger partial charge in [0, 0.05) is 5.56 Å². The number of rotatable bonds is 16. The van der Waals surface area contributed by atoms with Gasteiger partial charge in [-0.2, -0.15) is 0 Å². The van der Waals surface area contributed by atoms with Gasteiger partial charge in [0.15, 0.2) is 11.6 Å². The molecule has 35 heavy (non-hydrogen) atoms. The molecular formula is C32H50N2O. The summed E-state index contributed by atoms with van der Waals surface area (Å²) in [5.41, 5.74) is 3.94. The van der Waals surface area contributed by atoms with E-state index < -0.39 is 0 Å². The van der Waals surface area contributed by atoms with Gasteiger partial charge in [-0.1, -0.05) is 109 Å². The standard InChI is InChI=1S/C32H50N2O/c1-4-6-8-9-10-11-12-13-27-14-16-28(17-15-27)18-19-29-20-21-30(23-26(29)3)32-33-24-31(25-34-32)35-22-7-5-2/h20-21,23-25,27-28H,4-19,22H2,1-3H3/t27-,28-. The Hall–Kier alpha value is -1.90. The van der Waals surface area contributed by atoms with Crippen LogP contribution in [0.3, 0.4) is 0 Å². The predicted octanol–water partition coefficient (Wildman–Crippen LogP) is 9.51. The molecule has 1 aliphatic carbocycles. The number of unbranched alkanes of at least 4 members (excludes halogenated alkanes) is 7. The van der Waals surface area contributed by atoms with Gasteiger partial charge < -0.3 is 4.74 Å². The van der Waals surface area contributed by atoms with Gasteiger partial charge in [0.25, 0.3) is 0 Å². The molecule has 2 aromatic rings. The van der Waals surface area contributed by atoms with Gasteiger partial charge in [0.05, 0.1) is 19.0 Å². The van der Waals surface area contributed by atoms with Crippen LogP contribution in [0.5, 0.6) is 5.75 Å². The SMILES string of the molecule is CCCCCCCCC[C@H]1CC[C@H](CCc2ccc(-c3ncc(OCCCC)cn3)cc2C)CC1. The van der Waals surface area contributed by atoms with Crippen LogP contribution in [0.1, 0.15) is 121 Å². The molecule has 1 aliphatic rings. The van der Waals surface area contributed by atoms with Gasteiger partial charge in [-0.05, 0) is 55.2 Å². The maximum absolute atomic E-state index is 5.69. The van der Waals surface area contributed by atoms with Crippen molar-refractivity contribution in [1.29, 1.82) is 0 Å². The molecule has 0 saturated heterocycles. The van der Waals surface area contributed by atoms with Gasteiger partial charge >= 0.3 is 0 Å². The lowest BCUT2D eigenvalue weighted by Crippen LogP contribution is -2.15. The number of hydrogen-bond donors (Lipinski definition) is 0. The van der Waals surface area contributed by atoms with E-state index >= 15 is 0 Å². The van der Waals surface area contributed by atoms with Crippen LogP contribution in [0.2, 0.25) is 0 Å². The molecule has 0 radical (unpaired) electrons. The van der Waals surface area contributed by atoms with Crippen LogP contribution in [0.4, 0.5) is 0 Å². The molecule has 1 heterocycles. The molecule has 1 saturated carbocycles. The van der Waals surface area contributed by atoms with Gasteiger partial charge in [0.1, 0.15) is 0 Å². The Labute approximate surface area is 215 Å². The molecule has 194 valence electrons. The maximum atomic E-state index is 5.69. The van der Waals surface area contributed by atoms with Crippen molar-refractivity contribution in [2.24, 2.45) is 11.8 Å². The van der Waals surface area contributed by atoms with Gasteiger partial charge in [0.2, 0.25) is 0 Å². The van der Waals surface area contributed by atoms with E-state index in [9.17, 15) is 0 Å². The zero-order valence-corrected chi connectivity index (χ0v) is 22.9. The normalized spacial score (nSPS) is 18.0. The number of nitrogens with zero attached hydrogens (tertiary/aromatic N) is 2. The lowest BCUT2D eigenvalue weighted by Gasteiger charge is -2.28. The van der Waals surface area contributed by atoms with Gasteiger partial charge in [-0.3, -0.25) is 0 Å². The summed E-state index contributed by atoms with van der Waals surface area (Å²) in [5.74, 6) is 3.46. The third-order valence-corrected chi connectivity index (χ3v) is 8.00. The van der Waals surface area contributed by atoms with E-state index in [4.69, 9.17) is 4.74 Å². The van der Waals surface area contributed by atoms with Crippen LogP contribution in [0.25, 0.3) is 11.4 Å². The summed E-state index contributed by atoms with van der Waals surface area (Å²) in [6.45, 7) is 7.43. The Morgan fingerprint density at radius 1 is 0.771 bits per heavy atom. The van der Waals surface area contributed by atoms with E-state index in [0.717, 1.165) is 48.4 Å². The summed E-state index contributed by atoms with van der Waals surface area (Å²) in [4.78, 5) is 9.06. The van der Waals surface area contributed by atoms with Crippen LogP contribution in [-0.2, 0) is 6.42 Å². The maximum Gasteiger partial charge on any atom is 0.159 e. The molecule has 1 aromatic carbocycles. The molecule has 1 fully saturated rings. The van der Waals surface area contributed by atoms with Crippen LogP contribution in [0, 0.1) is 18.8 Å². The van der Waals surface area contributed by atoms with Crippen molar-refractivity contribution < 1.29 is 4.74 Å². The topological polar surface area (TPSA) is 35.0 Å². The van der Waals surface area contributed by atoms with E-state index in [-0.39, 0.29) is 0 Å². The number of hydrogen-bond acceptors (Lipinski definition) is 3. The molecular weight excluding hydrogens is 428 g/mol. The number of benzene rings is 1. The third-order valence-electron chi connectivity index (χ3n) is 8.00. The minimum Gasteiger partial charge on any atom is -0.490 e. The summed E-state index contributed by atoms with van der Waals surface area (Å²) < 4.78 is 5.69. The summed E-state index contributed by atoms with van der Waals surface area (Å²) >= 11 is 0. The van der Waals surface area contributed by atoms with Crippen LogP contribution in [-0.4, -0.2) is 16.6 Å². The highest BCUT2D eigenvalue weighted by atomic mass is 16.5. The third kappa shape index (κ3) is 9.94. The second-order valence-corrected chi connectivity index (χ2v) is 10.9. The second-order valence-electron chi connectivity index (χ2n) is 10.9. The summed E-state index contributed by atoms with van der Waals surface area (Å²) in [5, 5.41) is 0. The largest absolute Gasteiger partial charge is 0.490 e. The minimum absolute atomic E-state index is 0.730. The van der Waals surface area contributed by atoms with Crippen molar-refractivity contribution in [3.8, 4) is 17.1 Å². The average molecular weight is 479 g/mol. The molecule has 1 aromatic heterocycles. The number of aromatic nitrogens is 2. The quantitative estimate of drug-likeness (QED) is 0.225. The first kappa shape index (κ1) is 27.7. The first-order chi connectivity index (χ1) is 17.2. The fraction of sp³-hybridized carbons (Fsp3) is 0.688. The zero-order valence-electron chi connectivity index (χ0n) is 22.9. The highest BCUT2D eigenvalue weighted by Gasteiger charge is 2.21. The average Bonchev–Trinajstić information content (AvgIpc) is 2.89. The molecule has 0 amide bonds. The summed E-state index contributed by atoms with van der Waals surface area (Å²) in [6.07, 6.45) is 25.7. The van der Waals surface area contributed by atoms with E-state index in [1.807, 2.05) is 0 Å². The van der Waals surface area contributed by atoms with E-state index in [1.54, 1.807) is 12.4 Å². The number of aryl methyl sites for hydroxylation is 2. The molecule has 0 aliphatic heterocycles. The van der Waals surface area contributed by atoms with Crippen molar-refractivity contribution in [1.82, 2.24) is 9.97 Å². The molecule has 0 atom stereocenters. The monoisotopic (exact) mass is 478 g/mol. The summed E-state index contributed by atoms with van der Waals surface area (Å²) in [7, 11) is 0. The molecule has 0 bridgehead atoms. The molecule has 3 nitrogen and oxygen atoms in total. The smallest absolute Gasteiger partial charge is 0.159 e. The fourth-order valence-corrected chi connectivity index (χ4v) is 5.55. The number of ether oxygens (including phenoxy) is 1. The van der Waals surface area contributed by atoms with E-state index in [0.29, 0.717) is 0 Å². The van der Waals surface area contributed by atoms with Crippen molar-refractivity contribution >= 4 is 0 Å². The lowest BCUT2D eigenvalue weighted by molar-refractivity contribution is 0.248. The first-order valence-corrected chi connectivity index (χ1v) is 14.7. The molecule has 3 rings (SSSR count).